The summed E-state index contributed by atoms with van der Waals surface area (Å²) >= 11 is 1.77. The van der Waals surface area contributed by atoms with Gasteiger partial charge >= 0.3 is 0 Å². The van der Waals surface area contributed by atoms with Crippen LogP contribution in [0.4, 0.5) is 0 Å². The van der Waals surface area contributed by atoms with E-state index >= 15 is 0 Å². The van der Waals surface area contributed by atoms with E-state index in [0.717, 1.165) is 35.8 Å². The Balaban J connectivity index is 1.73. The van der Waals surface area contributed by atoms with E-state index in [4.69, 9.17) is 4.42 Å². The second kappa shape index (κ2) is 7.26. The fourth-order valence-electron chi connectivity index (χ4n) is 2.86. The maximum Gasteiger partial charge on any atom is 0.255 e. The molecule has 1 amide bonds. The Hall–Kier alpha value is -1.68. The summed E-state index contributed by atoms with van der Waals surface area (Å²) in [5.74, 6) is 2.80. The molecule has 2 aromatic rings. The number of hydrogen-bond donors (Lipinski definition) is 0. The molecule has 4 heteroatoms. The lowest BCUT2D eigenvalue weighted by Gasteiger charge is -2.22. The van der Waals surface area contributed by atoms with Gasteiger partial charge in [-0.05, 0) is 49.6 Å². The molecule has 0 aliphatic carbocycles. The summed E-state index contributed by atoms with van der Waals surface area (Å²) in [6, 6.07) is 12.0. The van der Waals surface area contributed by atoms with Gasteiger partial charge in [0.2, 0.25) is 0 Å². The third kappa shape index (κ3) is 3.63. The van der Waals surface area contributed by atoms with Crippen LogP contribution in [0.2, 0.25) is 0 Å². The molecule has 0 radical (unpaired) electrons. The van der Waals surface area contributed by atoms with Crippen molar-refractivity contribution in [2.75, 3.05) is 12.3 Å². The minimum atomic E-state index is -0.00373. The number of rotatable bonds is 5. The Bertz CT molecular complexity index is 662. The van der Waals surface area contributed by atoms with Gasteiger partial charge in [0.1, 0.15) is 16.9 Å². The highest BCUT2D eigenvalue weighted by molar-refractivity contribution is 7.99. The third-order valence-electron chi connectivity index (χ3n) is 4.18. The molecule has 1 fully saturated rings. The van der Waals surface area contributed by atoms with Gasteiger partial charge in [-0.2, -0.15) is 0 Å². The van der Waals surface area contributed by atoms with Gasteiger partial charge in [0.15, 0.2) is 0 Å². The lowest BCUT2D eigenvalue weighted by atomic mass is 10.1. The number of carbonyl (C=O) groups excluding carboxylic acids is 1. The molecule has 1 atom stereocenters. The number of benzene rings is 1. The molecule has 23 heavy (non-hydrogen) atoms. The highest BCUT2D eigenvalue weighted by Gasteiger charge is 2.33. The van der Waals surface area contributed by atoms with Crippen LogP contribution >= 0.6 is 11.8 Å². The summed E-state index contributed by atoms with van der Waals surface area (Å²) in [7, 11) is 0. The van der Waals surface area contributed by atoms with Crippen LogP contribution < -0.4 is 0 Å². The number of unbranched alkanes of at least 4 members (excludes halogenated alkanes) is 1. The molecule has 0 spiro atoms. The van der Waals surface area contributed by atoms with Gasteiger partial charge in [0.25, 0.3) is 5.91 Å². The molecular formula is C19H23NO2S. The molecule has 1 saturated heterocycles. The molecule has 3 rings (SSSR count). The predicted molar refractivity (Wildman–Crippen MR) is 94.7 cm³/mol. The van der Waals surface area contributed by atoms with Crippen LogP contribution in [0.5, 0.6) is 0 Å². The topological polar surface area (TPSA) is 33.5 Å². The lowest BCUT2D eigenvalue weighted by Crippen LogP contribution is -2.30. The fraction of sp³-hybridized carbons (Fsp3) is 0.421. The molecule has 0 saturated carbocycles. The number of furan rings is 1. The van der Waals surface area contributed by atoms with Crippen molar-refractivity contribution in [3.63, 3.8) is 0 Å². The molecule has 1 aromatic carbocycles. The smallest absolute Gasteiger partial charge is 0.255 e. The summed E-state index contributed by atoms with van der Waals surface area (Å²) in [5, 5.41) is -0.00373. The van der Waals surface area contributed by atoms with Crippen LogP contribution in [0.1, 0.15) is 52.6 Å². The van der Waals surface area contributed by atoms with E-state index in [0.29, 0.717) is 0 Å². The van der Waals surface area contributed by atoms with Gasteiger partial charge in [0.05, 0.1) is 0 Å². The molecule has 122 valence electrons. The number of carbonyl (C=O) groups is 1. The second-order valence-corrected chi connectivity index (χ2v) is 7.16. The van der Waals surface area contributed by atoms with Gasteiger partial charge in [0, 0.05) is 17.9 Å². The van der Waals surface area contributed by atoms with Crippen LogP contribution in [0, 0.1) is 6.92 Å². The van der Waals surface area contributed by atoms with Crippen molar-refractivity contribution < 1.29 is 9.21 Å². The van der Waals surface area contributed by atoms with Crippen molar-refractivity contribution in [3.05, 3.63) is 59.0 Å². The number of nitrogens with zero attached hydrogens (tertiary/aromatic N) is 1. The summed E-state index contributed by atoms with van der Waals surface area (Å²) < 4.78 is 5.73. The maximum absolute atomic E-state index is 12.8. The molecule has 3 nitrogen and oxygen atoms in total. The average Bonchev–Trinajstić information content (AvgIpc) is 3.21. The number of hydrogen-bond acceptors (Lipinski definition) is 3. The lowest BCUT2D eigenvalue weighted by molar-refractivity contribution is 0.0749. The Morgan fingerprint density at radius 1 is 1.26 bits per heavy atom. The Morgan fingerprint density at radius 3 is 2.70 bits per heavy atom. The first kappa shape index (κ1) is 16.2. The first-order valence-corrected chi connectivity index (χ1v) is 9.31. The van der Waals surface area contributed by atoms with Crippen LogP contribution in [0.3, 0.4) is 0 Å². The highest BCUT2D eigenvalue weighted by atomic mass is 32.2. The number of amides is 1. The third-order valence-corrected chi connectivity index (χ3v) is 5.40. The van der Waals surface area contributed by atoms with Crippen molar-refractivity contribution in [2.45, 2.75) is 38.5 Å². The molecule has 2 heterocycles. The molecule has 1 aliphatic rings. The highest BCUT2D eigenvalue weighted by Crippen LogP contribution is 2.39. The molecule has 1 aliphatic heterocycles. The maximum atomic E-state index is 12.8. The van der Waals surface area contributed by atoms with E-state index in [-0.39, 0.29) is 11.3 Å². The van der Waals surface area contributed by atoms with E-state index in [1.807, 2.05) is 36.1 Å². The van der Waals surface area contributed by atoms with Crippen LogP contribution in [0.15, 0.2) is 40.8 Å². The Labute approximate surface area is 142 Å². The molecule has 1 unspecified atom stereocenters. The summed E-state index contributed by atoms with van der Waals surface area (Å²) in [4.78, 5) is 14.8. The van der Waals surface area contributed by atoms with Crippen molar-refractivity contribution >= 4 is 17.7 Å². The molecular weight excluding hydrogens is 306 g/mol. The van der Waals surface area contributed by atoms with Gasteiger partial charge in [-0.1, -0.05) is 25.5 Å². The summed E-state index contributed by atoms with van der Waals surface area (Å²) in [5.41, 5.74) is 2.07. The van der Waals surface area contributed by atoms with Gasteiger partial charge in [-0.3, -0.25) is 4.79 Å². The first-order valence-electron chi connectivity index (χ1n) is 8.27. The minimum absolute atomic E-state index is 0.00373. The van der Waals surface area contributed by atoms with Crippen LogP contribution in [-0.4, -0.2) is 23.1 Å². The van der Waals surface area contributed by atoms with Crippen molar-refractivity contribution in [1.82, 2.24) is 4.90 Å². The van der Waals surface area contributed by atoms with E-state index < -0.39 is 0 Å². The zero-order valence-corrected chi connectivity index (χ0v) is 14.6. The predicted octanol–water partition coefficient (Wildman–Crippen LogP) is 4.82. The van der Waals surface area contributed by atoms with Gasteiger partial charge in [-0.15, -0.1) is 11.8 Å². The number of thioether (sulfide) groups is 1. The second-order valence-electron chi connectivity index (χ2n) is 5.97. The zero-order valence-electron chi connectivity index (χ0n) is 13.7. The van der Waals surface area contributed by atoms with Gasteiger partial charge in [-0.25, -0.2) is 0 Å². The van der Waals surface area contributed by atoms with E-state index in [1.54, 1.807) is 11.8 Å². The van der Waals surface area contributed by atoms with Crippen molar-refractivity contribution in [3.8, 4) is 0 Å². The van der Waals surface area contributed by atoms with Crippen molar-refractivity contribution in [1.29, 1.82) is 0 Å². The van der Waals surface area contributed by atoms with Crippen molar-refractivity contribution in [2.24, 2.45) is 0 Å². The quantitative estimate of drug-likeness (QED) is 0.788. The van der Waals surface area contributed by atoms with Gasteiger partial charge < -0.3 is 9.32 Å². The number of aryl methyl sites for hydroxylation is 2. The largest absolute Gasteiger partial charge is 0.463 e. The molecule has 1 aromatic heterocycles. The normalized spacial score (nSPS) is 17.7. The molecule has 0 N–H and O–H groups in total. The van der Waals surface area contributed by atoms with E-state index in [9.17, 15) is 4.79 Å². The minimum Gasteiger partial charge on any atom is -0.463 e. The average molecular weight is 329 g/mol. The van der Waals surface area contributed by atoms with E-state index in [2.05, 4.69) is 19.1 Å². The monoisotopic (exact) mass is 329 g/mol. The summed E-state index contributed by atoms with van der Waals surface area (Å²) in [6.07, 6.45) is 3.46. The van der Waals surface area contributed by atoms with Crippen LogP contribution in [-0.2, 0) is 6.42 Å². The zero-order chi connectivity index (χ0) is 16.2. The first-order chi connectivity index (χ1) is 11.2. The molecule has 0 bridgehead atoms. The Morgan fingerprint density at radius 2 is 2.04 bits per heavy atom. The fourth-order valence-corrected chi connectivity index (χ4v) is 4.06. The standard InChI is InChI=1S/C19H23NO2S/c1-3-4-5-15-7-9-16(10-8-15)18(21)20-12-13-23-19(20)17-11-6-14(2)22-17/h6-11,19H,3-5,12-13H2,1-2H3. The van der Waals surface area contributed by atoms with Crippen LogP contribution in [0.25, 0.3) is 0 Å². The van der Waals surface area contributed by atoms with E-state index in [1.165, 1.54) is 18.4 Å². The Kier molecular flexibility index (Phi) is 5.11. The summed E-state index contributed by atoms with van der Waals surface area (Å²) in [6.45, 7) is 4.90. The SMILES string of the molecule is CCCCc1ccc(C(=O)N2CCSC2c2ccc(C)o2)cc1.